The van der Waals surface area contributed by atoms with Crippen LogP contribution in [0.3, 0.4) is 0 Å². The van der Waals surface area contributed by atoms with Gasteiger partial charge in [-0.05, 0) is 50.5 Å². The summed E-state index contributed by atoms with van der Waals surface area (Å²) in [4.78, 5) is 17.8. The first-order valence-corrected chi connectivity index (χ1v) is 10.7. The highest BCUT2D eigenvalue weighted by Crippen LogP contribution is 2.29. The van der Waals surface area contributed by atoms with E-state index in [9.17, 15) is 9.90 Å². The van der Waals surface area contributed by atoms with E-state index in [0.717, 1.165) is 51.1 Å². The molecule has 0 bridgehead atoms. The third kappa shape index (κ3) is 3.96. The number of nitrogens with zero attached hydrogens (tertiary/aromatic N) is 5. The van der Waals surface area contributed by atoms with Gasteiger partial charge in [-0.15, -0.1) is 0 Å². The second-order valence-corrected chi connectivity index (χ2v) is 8.13. The smallest absolute Gasteiger partial charge is 0.346 e. The molecule has 1 aliphatic heterocycles. The Kier molecular flexibility index (Phi) is 5.76. The molecule has 4 rings (SSSR count). The lowest BCUT2D eigenvalue weighted by Gasteiger charge is -2.43. The summed E-state index contributed by atoms with van der Waals surface area (Å²) in [5.74, 6) is 0.297. The number of aromatic nitrogens is 3. The Hall–Kier alpha value is -2.54. The van der Waals surface area contributed by atoms with E-state index in [1.807, 2.05) is 23.6 Å². The largest absolute Gasteiger partial charge is 0.508 e. The van der Waals surface area contributed by atoms with E-state index in [2.05, 4.69) is 34.0 Å². The van der Waals surface area contributed by atoms with E-state index in [1.54, 1.807) is 23.1 Å². The van der Waals surface area contributed by atoms with Gasteiger partial charge in [0.05, 0.1) is 12.1 Å². The minimum atomic E-state index is 0.00683. The Labute approximate surface area is 171 Å². The number of allylic oxidation sites excluding steroid dienone is 1. The molecule has 2 aromatic rings. The number of rotatable bonds is 5. The Morgan fingerprint density at radius 1 is 1.17 bits per heavy atom. The predicted octanol–water partition coefficient (Wildman–Crippen LogP) is 2.80. The monoisotopic (exact) mass is 397 g/mol. The van der Waals surface area contributed by atoms with Crippen LogP contribution in [-0.2, 0) is 0 Å². The average Bonchev–Trinajstić information content (AvgIpc) is 3.15. The lowest BCUT2D eigenvalue weighted by atomic mass is 9.94. The van der Waals surface area contributed by atoms with Crippen molar-refractivity contribution in [2.75, 3.05) is 31.1 Å². The van der Waals surface area contributed by atoms with E-state index in [-0.39, 0.29) is 23.8 Å². The van der Waals surface area contributed by atoms with Gasteiger partial charge in [-0.3, -0.25) is 9.47 Å². The van der Waals surface area contributed by atoms with Crippen molar-refractivity contribution < 1.29 is 5.11 Å². The maximum absolute atomic E-state index is 13.0. The number of piperazine rings is 1. The summed E-state index contributed by atoms with van der Waals surface area (Å²) in [5, 5.41) is 13.9. The van der Waals surface area contributed by atoms with Crippen LogP contribution in [0.2, 0.25) is 0 Å². The van der Waals surface area contributed by atoms with Gasteiger partial charge >= 0.3 is 5.69 Å². The zero-order valence-electron chi connectivity index (χ0n) is 17.3. The molecule has 0 unspecified atom stereocenters. The maximum atomic E-state index is 13.0. The van der Waals surface area contributed by atoms with Crippen LogP contribution in [0, 0.1) is 0 Å². The van der Waals surface area contributed by atoms with Crippen LogP contribution in [0.5, 0.6) is 5.75 Å². The molecule has 0 saturated carbocycles. The molecule has 7 heteroatoms. The summed E-state index contributed by atoms with van der Waals surface area (Å²) in [7, 11) is 0. The normalized spacial score (nSPS) is 24.0. The molecule has 2 aliphatic rings. The second-order valence-electron chi connectivity index (χ2n) is 8.13. The number of benzene rings is 1. The summed E-state index contributed by atoms with van der Waals surface area (Å²) in [6.07, 6.45) is 9.11. The first-order chi connectivity index (χ1) is 14.1. The van der Waals surface area contributed by atoms with Crippen LogP contribution in [0.1, 0.15) is 45.2 Å². The highest BCUT2D eigenvalue weighted by Gasteiger charge is 2.32. The fourth-order valence-corrected chi connectivity index (χ4v) is 4.44. The summed E-state index contributed by atoms with van der Waals surface area (Å²) >= 11 is 0. The maximum Gasteiger partial charge on any atom is 0.346 e. The molecule has 29 heavy (non-hydrogen) atoms. The first kappa shape index (κ1) is 19.8. The van der Waals surface area contributed by atoms with E-state index >= 15 is 0 Å². The fraction of sp³-hybridized carbons (Fsp3) is 0.545. The van der Waals surface area contributed by atoms with Crippen molar-refractivity contribution in [3.8, 4) is 5.75 Å². The van der Waals surface area contributed by atoms with Crippen LogP contribution in [0.25, 0.3) is 0 Å². The molecule has 1 saturated heterocycles. The number of hydrogen-bond donors (Lipinski definition) is 1. The highest BCUT2D eigenvalue weighted by molar-refractivity contribution is 5.49. The molecule has 1 aromatic carbocycles. The minimum Gasteiger partial charge on any atom is -0.508 e. The number of phenols is 1. The van der Waals surface area contributed by atoms with Crippen LogP contribution >= 0.6 is 0 Å². The zero-order chi connectivity index (χ0) is 20.4. The summed E-state index contributed by atoms with van der Waals surface area (Å²) in [5.41, 5.74) is 1.15. The van der Waals surface area contributed by atoms with Crippen molar-refractivity contribution in [1.82, 2.24) is 19.2 Å². The molecule has 0 spiro atoms. The first-order valence-electron chi connectivity index (χ1n) is 10.7. The van der Waals surface area contributed by atoms with E-state index in [0.29, 0.717) is 5.75 Å². The van der Waals surface area contributed by atoms with Crippen molar-refractivity contribution >= 4 is 5.69 Å². The van der Waals surface area contributed by atoms with Gasteiger partial charge in [0.2, 0.25) is 0 Å². The minimum absolute atomic E-state index is 0.00683. The highest BCUT2D eigenvalue weighted by atomic mass is 16.3. The van der Waals surface area contributed by atoms with Gasteiger partial charge in [0.1, 0.15) is 12.1 Å². The van der Waals surface area contributed by atoms with Crippen molar-refractivity contribution in [1.29, 1.82) is 0 Å². The Morgan fingerprint density at radius 3 is 2.59 bits per heavy atom. The summed E-state index contributed by atoms with van der Waals surface area (Å²) in [6.45, 7) is 7.88. The molecule has 2 heterocycles. The van der Waals surface area contributed by atoms with Gasteiger partial charge in [-0.1, -0.05) is 19.1 Å². The average molecular weight is 398 g/mol. The molecule has 0 radical (unpaired) electrons. The SMILES string of the molecule is CC[C@H](C)n1ncn([C@@H]2CCC=C[C@H]2N2CCN(c3ccc(O)cc3)CC2)c1=O. The van der Waals surface area contributed by atoms with Gasteiger partial charge in [0.15, 0.2) is 0 Å². The van der Waals surface area contributed by atoms with Crippen molar-refractivity contribution in [3.63, 3.8) is 0 Å². The number of aromatic hydroxyl groups is 1. The van der Waals surface area contributed by atoms with Crippen molar-refractivity contribution in [2.45, 2.75) is 51.2 Å². The Bertz CT molecular complexity index is 893. The van der Waals surface area contributed by atoms with Gasteiger partial charge in [-0.25, -0.2) is 9.48 Å². The second kappa shape index (κ2) is 8.45. The van der Waals surface area contributed by atoms with E-state index < -0.39 is 0 Å². The summed E-state index contributed by atoms with van der Waals surface area (Å²) in [6, 6.07) is 7.89. The van der Waals surface area contributed by atoms with Crippen LogP contribution in [0.15, 0.2) is 47.5 Å². The standard InChI is InChI=1S/C22H31N5O2/c1-3-17(2)27-22(29)26(16-23-27)21-7-5-4-6-20(21)25-14-12-24(13-15-25)18-8-10-19(28)11-9-18/h4,6,8-11,16-17,20-21,28H,3,5,7,12-15H2,1-2H3/t17-,20+,21+/m0/s1. The van der Waals surface area contributed by atoms with Crippen LogP contribution in [0.4, 0.5) is 5.69 Å². The molecule has 1 fully saturated rings. The molecular weight excluding hydrogens is 366 g/mol. The van der Waals surface area contributed by atoms with Gasteiger partial charge in [0, 0.05) is 37.9 Å². The van der Waals surface area contributed by atoms with Crippen LogP contribution in [-0.4, -0.2) is 56.6 Å². The molecule has 1 aromatic heterocycles. The lowest BCUT2D eigenvalue weighted by Crippen LogP contribution is -2.53. The van der Waals surface area contributed by atoms with Crippen molar-refractivity contribution in [3.05, 3.63) is 53.2 Å². The van der Waals surface area contributed by atoms with Gasteiger partial charge in [-0.2, -0.15) is 5.10 Å². The number of anilines is 1. The molecule has 0 amide bonds. The molecule has 7 nitrogen and oxygen atoms in total. The molecule has 1 aliphatic carbocycles. The van der Waals surface area contributed by atoms with Crippen molar-refractivity contribution in [2.24, 2.45) is 0 Å². The number of hydrogen-bond acceptors (Lipinski definition) is 5. The fourth-order valence-electron chi connectivity index (χ4n) is 4.44. The van der Waals surface area contributed by atoms with Gasteiger partial charge < -0.3 is 10.0 Å². The summed E-state index contributed by atoms with van der Waals surface area (Å²) < 4.78 is 3.48. The molecule has 3 atom stereocenters. The number of phenolic OH excluding ortho intramolecular Hbond substituents is 1. The quantitative estimate of drug-likeness (QED) is 0.786. The van der Waals surface area contributed by atoms with Crippen LogP contribution < -0.4 is 10.6 Å². The third-order valence-electron chi connectivity index (χ3n) is 6.39. The molecule has 156 valence electrons. The Morgan fingerprint density at radius 2 is 1.90 bits per heavy atom. The lowest BCUT2D eigenvalue weighted by molar-refractivity contribution is 0.156. The zero-order valence-corrected chi connectivity index (χ0v) is 17.3. The van der Waals surface area contributed by atoms with E-state index in [1.165, 1.54) is 0 Å². The molecular formula is C22H31N5O2. The van der Waals surface area contributed by atoms with Gasteiger partial charge in [0.25, 0.3) is 0 Å². The molecule has 1 N–H and O–H groups in total. The van der Waals surface area contributed by atoms with E-state index in [4.69, 9.17) is 0 Å². The Balaban J connectivity index is 1.48. The topological polar surface area (TPSA) is 66.5 Å². The third-order valence-corrected chi connectivity index (χ3v) is 6.39. The predicted molar refractivity (Wildman–Crippen MR) is 115 cm³/mol.